The van der Waals surface area contributed by atoms with Crippen molar-refractivity contribution < 1.29 is 14.6 Å². The summed E-state index contributed by atoms with van der Waals surface area (Å²) in [4.78, 5) is 12.1. The number of aryl methyl sites for hydroxylation is 1. The lowest BCUT2D eigenvalue weighted by Crippen LogP contribution is -2.03. The van der Waals surface area contributed by atoms with E-state index in [1.54, 1.807) is 6.07 Å². The van der Waals surface area contributed by atoms with Gasteiger partial charge >= 0.3 is 0 Å². The number of carbonyl (C=O) groups is 1. The van der Waals surface area contributed by atoms with Crippen LogP contribution in [0.2, 0.25) is 0 Å². The molecular weight excluding hydrogens is 240 g/mol. The van der Waals surface area contributed by atoms with Crippen LogP contribution in [0, 0.1) is 0 Å². The molecule has 1 N–H and O–H groups in total. The first-order chi connectivity index (χ1) is 9.20. The number of ketones is 1. The normalized spacial score (nSPS) is 10.2. The Morgan fingerprint density at radius 1 is 1.16 bits per heavy atom. The second-order valence-electron chi connectivity index (χ2n) is 4.29. The molecule has 0 saturated heterocycles. The number of hydrogen-bond donors (Lipinski definition) is 1. The molecule has 0 bridgehead atoms. The molecule has 0 aliphatic heterocycles. The zero-order chi connectivity index (χ0) is 13.7. The Morgan fingerprint density at radius 3 is 2.58 bits per heavy atom. The monoisotopic (exact) mass is 256 g/mol. The van der Waals surface area contributed by atoms with Gasteiger partial charge < -0.3 is 9.84 Å². The van der Waals surface area contributed by atoms with Gasteiger partial charge in [0.1, 0.15) is 11.5 Å². The van der Waals surface area contributed by atoms with Crippen molar-refractivity contribution >= 4 is 5.78 Å². The summed E-state index contributed by atoms with van der Waals surface area (Å²) in [6.45, 7) is 0. The van der Waals surface area contributed by atoms with Crippen molar-refractivity contribution in [2.24, 2.45) is 0 Å². The van der Waals surface area contributed by atoms with Gasteiger partial charge in [-0.05, 0) is 24.1 Å². The van der Waals surface area contributed by atoms with Gasteiger partial charge in [-0.15, -0.1) is 0 Å². The molecule has 0 aliphatic rings. The highest BCUT2D eigenvalue weighted by atomic mass is 16.5. The first-order valence-corrected chi connectivity index (χ1v) is 6.15. The number of methoxy groups -OCH3 is 1. The zero-order valence-electron chi connectivity index (χ0n) is 10.8. The fourth-order valence-electron chi connectivity index (χ4n) is 1.95. The lowest BCUT2D eigenvalue weighted by atomic mass is 10.0. The minimum atomic E-state index is 0.0145. The third-order valence-electron chi connectivity index (χ3n) is 2.97. The smallest absolute Gasteiger partial charge is 0.166 e. The van der Waals surface area contributed by atoms with Crippen LogP contribution in [0.3, 0.4) is 0 Å². The summed E-state index contributed by atoms with van der Waals surface area (Å²) in [6.07, 6.45) is 1.12. The molecule has 0 atom stereocenters. The number of phenols is 1. The molecule has 2 aromatic carbocycles. The Bertz CT molecular complexity index is 561. The highest BCUT2D eigenvalue weighted by Gasteiger charge is 2.12. The van der Waals surface area contributed by atoms with E-state index in [9.17, 15) is 9.90 Å². The molecule has 0 unspecified atom stereocenters. The third kappa shape index (κ3) is 3.35. The van der Waals surface area contributed by atoms with Crippen molar-refractivity contribution in [2.45, 2.75) is 12.8 Å². The molecule has 19 heavy (non-hydrogen) atoms. The van der Waals surface area contributed by atoms with Gasteiger partial charge in [0, 0.05) is 12.5 Å². The van der Waals surface area contributed by atoms with Crippen LogP contribution in [-0.2, 0) is 6.42 Å². The van der Waals surface area contributed by atoms with Gasteiger partial charge in [0.2, 0.25) is 0 Å². The summed E-state index contributed by atoms with van der Waals surface area (Å²) in [6, 6.07) is 14.4. The van der Waals surface area contributed by atoms with Crippen LogP contribution >= 0.6 is 0 Å². The van der Waals surface area contributed by atoms with Crippen LogP contribution < -0.4 is 4.74 Å². The topological polar surface area (TPSA) is 46.5 Å². The second-order valence-corrected chi connectivity index (χ2v) is 4.29. The molecule has 98 valence electrons. The van der Waals surface area contributed by atoms with E-state index in [1.165, 1.54) is 19.2 Å². The van der Waals surface area contributed by atoms with Gasteiger partial charge in [-0.25, -0.2) is 0 Å². The summed E-state index contributed by atoms with van der Waals surface area (Å²) < 4.78 is 5.12. The predicted molar refractivity (Wildman–Crippen MR) is 73.8 cm³/mol. The molecule has 0 aliphatic carbocycles. The molecule has 0 fully saturated rings. The molecule has 0 spiro atoms. The average molecular weight is 256 g/mol. The highest BCUT2D eigenvalue weighted by molar-refractivity contribution is 5.99. The van der Waals surface area contributed by atoms with Crippen molar-refractivity contribution in [2.75, 3.05) is 7.11 Å². The van der Waals surface area contributed by atoms with E-state index >= 15 is 0 Å². The molecule has 3 heteroatoms. The van der Waals surface area contributed by atoms with Crippen molar-refractivity contribution in [3.63, 3.8) is 0 Å². The number of hydrogen-bond acceptors (Lipinski definition) is 3. The van der Waals surface area contributed by atoms with E-state index in [0.29, 0.717) is 24.2 Å². The number of benzene rings is 2. The summed E-state index contributed by atoms with van der Waals surface area (Å²) >= 11 is 0. The van der Waals surface area contributed by atoms with E-state index in [0.717, 1.165) is 5.56 Å². The second kappa shape index (κ2) is 6.05. The Hall–Kier alpha value is -2.29. The maximum Gasteiger partial charge on any atom is 0.166 e. The molecular formula is C16H16O3. The summed E-state index contributed by atoms with van der Waals surface area (Å²) in [5, 5.41) is 9.37. The van der Waals surface area contributed by atoms with Gasteiger partial charge in [-0.1, -0.05) is 30.3 Å². The molecule has 0 radical (unpaired) electrons. The number of phenolic OH excluding ortho intramolecular Hbond substituents is 1. The van der Waals surface area contributed by atoms with Gasteiger partial charge in [0.15, 0.2) is 5.78 Å². The Labute approximate surface area is 112 Å². The molecule has 2 aromatic rings. The molecule has 2 rings (SSSR count). The van der Waals surface area contributed by atoms with Gasteiger partial charge in [-0.3, -0.25) is 4.79 Å². The molecule has 0 saturated carbocycles. The van der Waals surface area contributed by atoms with Gasteiger partial charge in [-0.2, -0.15) is 0 Å². The Morgan fingerprint density at radius 2 is 1.89 bits per heavy atom. The first kappa shape index (κ1) is 13.1. The Balaban J connectivity index is 2.08. The molecule has 0 amide bonds. The largest absolute Gasteiger partial charge is 0.508 e. The van der Waals surface area contributed by atoms with Gasteiger partial charge in [0.25, 0.3) is 0 Å². The number of carbonyl (C=O) groups excluding carboxylic acids is 1. The van der Waals surface area contributed by atoms with E-state index in [-0.39, 0.29) is 11.5 Å². The number of aromatic hydroxyl groups is 1. The fourth-order valence-corrected chi connectivity index (χ4v) is 1.95. The Kier molecular flexibility index (Phi) is 4.18. The molecule has 3 nitrogen and oxygen atoms in total. The summed E-state index contributed by atoms with van der Waals surface area (Å²) in [7, 11) is 1.49. The van der Waals surface area contributed by atoms with E-state index in [1.807, 2.05) is 30.3 Å². The summed E-state index contributed by atoms with van der Waals surface area (Å²) in [5.74, 6) is 0.523. The minimum Gasteiger partial charge on any atom is -0.508 e. The SMILES string of the molecule is COc1cc(O)ccc1C(=O)CCc1ccccc1. The number of rotatable bonds is 5. The molecule has 0 aromatic heterocycles. The lowest BCUT2D eigenvalue weighted by Gasteiger charge is -2.08. The van der Waals surface area contributed by atoms with E-state index in [2.05, 4.69) is 0 Å². The third-order valence-corrected chi connectivity index (χ3v) is 2.97. The lowest BCUT2D eigenvalue weighted by molar-refractivity contribution is 0.0980. The maximum atomic E-state index is 12.1. The van der Waals surface area contributed by atoms with Crippen LogP contribution in [0.5, 0.6) is 11.5 Å². The molecule has 0 heterocycles. The van der Waals surface area contributed by atoms with Crippen molar-refractivity contribution in [3.05, 3.63) is 59.7 Å². The standard InChI is InChI=1S/C16H16O3/c1-19-16-11-13(17)8-9-14(16)15(18)10-7-12-5-3-2-4-6-12/h2-6,8-9,11,17H,7,10H2,1H3. The fraction of sp³-hybridized carbons (Fsp3) is 0.188. The zero-order valence-corrected chi connectivity index (χ0v) is 10.8. The van der Waals surface area contributed by atoms with Crippen LogP contribution in [0.4, 0.5) is 0 Å². The van der Waals surface area contributed by atoms with Crippen LogP contribution in [0.25, 0.3) is 0 Å². The maximum absolute atomic E-state index is 12.1. The predicted octanol–water partition coefficient (Wildman–Crippen LogP) is 3.22. The summed E-state index contributed by atoms with van der Waals surface area (Å²) in [5.41, 5.74) is 1.64. The van der Waals surface area contributed by atoms with Gasteiger partial charge in [0.05, 0.1) is 12.7 Å². The van der Waals surface area contributed by atoms with E-state index < -0.39 is 0 Å². The number of ether oxygens (including phenoxy) is 1. The van der Waals surface area contributed by atoms with Crippen molar-refractivity contribution in [1.29, 1.82) is 0 Å². The quantitative estimate of drug-likeness (QED) is 0.835. The highest BCUT2D eigenvalue weighted by Crippen LogP contribution is 2.25. The van der Waals surface area contributed by atoms with Crippen LogP contribution in [0.15, 0.2) is 48.5 Å². The van der Waals surface area contributed by atoms with Crippen LogP contribution in [0.1, 0.15) is 22.3 Å². The van der Waals surface area contributed by atoms with E-state index in [4.69, 9.17) is 4.74 Å². The first-order valence-electron chi connectivity index (χ1n) is 6.15. The van der Waals surface area contributed by atoms with Crippen LogP contribution in [-0.4, -0.2) is 18.0 Å². The van der Waals surface area contributed by atoms with Crippen molar-refractivity contribution in [1.82, 2.24) is 0 Å². The number of Topliss-reactive ketones (excluding diaryl/α,β-unsaturated/α-hetero) is 1. The minimum absolute atomic E-state index is 0.0145. The van der Waals surface area contributed by atoms with Crippen molar-refractivity contribution in [3.8, 4) is 11.5 Å². The average Bonchev–Trinajstić information content (AvgIpc) is 2.45.